The third kappa shape index (κ3) is 4.90. The SMILES string of the molecule is CCOC(=O)/C(F)=C(/C)CO[Si](C)(C)C(C)(C)C. The largest absolute Gasteiger partial charge is 0.461 e. The van der Waals surface area contributed by atoms with Crippen LogP contribution < -0.4 is 0 Å². The molecule has 0 aliphatic carbocycles. The topological polar surface area (TPSA) is 35.5 Å². The number of ether oxygens (including phenoxy) is 1. The average Bonchev–Trinajstić information content (AvgIpc) is 2.23. The maximum absolute atomic E-state index is 13.6. The molecule has 0 bridgehead atoms. The second-order valence-electron chi connectivity index (χ2n) is 5.86. The summed E-state index contributed by atoms with van der Waals surface area (Å²) in [6, 6.07) is 0. The Morgan fingerprint density at radius 2 is 1.78 bits per heavy atom. The van der Waals surface area contributed by atoms with Crippen molar-refractivity contribution in [2.75, 3.05) is 13.2 Å². The zero-order valence-corrected chi connectivity index (χ0v) is 13.5. The van der Waals surface area contributed by atoms with Crippen molar-refractivity contribution >= 4 is 14.3 Å². The maximum atomic E-state index is 13.6. The van der Waals surface area contributed by atoms with Gasteiger partial charge in [0.1, 0.15) is 0 Å². The van der Waals surface area contributed by atoms with Gasteiger partial charge in [-0.15, -0.1) is 0 Å². The van der Waals surface area contributed by atoms with Crippen LogP contribution in [0.5, 0.6) is 0 Å². The Balaban J connectivity index is 4.64. The average molecular weight is 276 g/mol. The maximum Gasteiger partial charge on any atom is 0.367 e. The molecule has 0 atom stereocenters. The molecule has 5 heteroatoms. The molecule has 0 saturated carbocycles. The van der Waals surface area contributed by atoms with E-state index >= 15 is 0 Å². The number of hydrogen-bond donors (Lipinski definition) is 0. The fourth-order valence-corrected chi connectivity index (χ4v) is 1.95. The van der Waals surface area contributed by atoms with Gasteiger partial charge in [0.05, 0.1) is 13.2 Å². The third-order valence-electron chi connectivity index (χ3n) is 3.29. The number of hydrogen-bond acceptors (Lipinski definition) is 3. The predicted octanol–water partition coefficient (Wildman–Crippen LogP) is 3.81. The first-order valence-corrected chi connectivity index (χ1v) is 9.10. The van der Waals surface area contributed by atoms with E-state index in [9.17, 15) is 9.18 Å². The number of carbonyl (C=O) groups is 1. The number of rotatable bonds is 5. The lowest BCUT2D eigenvalue weighted by molar-refractivity contribution is -0.140. The van der Waals surface area contributed by atoms with Crippen molar-refractivity contribution in [2.45, 2.75) is 52.8 Å². The van der Waals surface area contributed by atoms with E-state index in [0.717, 1.165) is 0 Å². The van der Waals surface area contributed by atoms with Gasteiger partial charge in [-0.25, -0.2) is 4.79 Å². The quantitative estimate of drug-likeness (QED) is 0.435. The highest BCUT2D eigenvalue weighted by Crippen LogP contribution is 2.36. The molecule has 0 aliphatic heterocycles. The molecule has 3 nitrogen and oxygen atoms in total. The summed E-state index contributed by atoms with van der Waals surface area (Å²) in [5.41, 5.74) is 0.290. The van der Waals surface area contributed by atoms with E-state index in [4.69, 9.17) is 4.43 Å². The summed E-state index contributed by atoms with van der Waals surface area (Å²) in [6.07, 6.45) is 0. The Labute approximate surface area is 110 Å². The smallest absolute Gasteiger partial charge is 0.367 e. The Kier molecular flexibility index (Phi) is 6.23. The van der Waals surface area contributed by atoms with Gasteiger partial charge in [0.15, 0.2) is 8.32 Å². The first-order valence-electron chi connectivity index (χ1n) is 6.19. The van der Waals surface area contributed by atoms with E-state index in [0.29, 0.717) is 5.57 Å². The summed E-state index contributed by atoms with van der Waals surface area (Å²) >= 11 is 0. The molecule has 0 aromatic rings. The highest BCUT2D eigenvalue weighted by atomic mass is 28.4. The highest BCUT2D eigenvalue weighted by Gasteiger charge is 2.37. The van der Waals surface area contributed by atoms with Crippen molar-refractivity contribution in [3.05, 3.63) is 11.4 Å². The fourth-order valence-electron chi connectivity index (χ4n) is 0.937. The van der Waals surface area contributed by atoms with Gasteiger partial charge in [-0.1, -0.05) is 20.8 Å². The zero-order valence-electron chi connectivity index (χ0n) is 12.5. The fraction of sp³-hybridized carbons (Fsp3) is 0.769. The molecular weight excluding hydrogens is 251 g/mol. The van der Waals surface area contributed by atoms with E-state index in [1.165, 1.54) is 0 Å². The van der Waals surface area contributed by atoms with Crippen molar-refractivity contribution < 1.29 is 18.3 Å². The Morgan fingerprint density at radius 3 is 2.17 bits per heavy atom. The minimum atomic E-state index is -1.92. The minimum absolute atomic E-state index is 0.0632. The zero-order chi connectivity index (χ0) is 14.6. The van der Waals surface area contributed by atoms with E-state index < -0.39 is 20.1 Å². The molecule has 0 spiro atoms. The van der Waals surface area contributed by atoms with Crippen LogP contribution in [0, 0.1) is 0 Å². The van der Waals surface area contributed by atoms with Gasteiger partial charge in [-0.3, -0.25) is 0 Å². The highest BCUT2D eigenvalue weighted by molar-refractivity contribution is 6.74. The molecule has 0 aromatic carbocycles. The third-order valence-corrected chi connectivity index (χ3v) is 7.76. The molecular formula is C13H25FO3Si. The standard InChI is InChI=1S/C13H25FO3Si/c1-8-16-12(15)11(14)10(2)9-17-18(6,7)13(3,4)5/h8-9H2,1-7H3/b11-10+. The van der Waals surface area contributed by atoms with Crippen LogP contribution >= 0.6 is 0 Å². The van der Waals surface area contributed by atoms with Crippen molar-refractivity contribution in [1.82, 2.24) is 0 Å². The molecule has 0 aliphatic rings. The van der Waals surface area contributed by atoms with Gasteiger partial charge in [0, 0.05) is 0 Å². The van der Waals surface area contributed by atoms with Crippen LogP contribution in [0.2, 0.25) is 18.1 Å². The van der Waals surface area contributed by atoms with Crippen LogP contribution in [0.15, 0.2) is 11.4 Å². The van der Waals surface area contributed by atoms with Crippen molar-refractivity contribution in [3.8, 4) is 0 Å². The van der Waals surface area contributed by atoms with Crippen LogP contribution in [0.1, 0.15) is 34.6 Å². The lowest BCUT2D eigenvalue weighted by Crippen LogP contribution is -2.41. The number of esters is 1. The molecule has 0 unspecified atom stereocenters. The van der Waals surface area contributed by atoms with E-state index in [-0.39, 0.29) is 18.3 Å². The van der Waals surface area contributed by atoms with Gasteiger partial charge in [-0.2, -0.15) is 4.39 Å². The normalized spacial score (nSPS) is 14.2. The Morgan fingerprint density at radius 1 is 1.28 bits per heavy atom. The molecule has 0 N–H and O–H groups in total. The lowest BCUT2D eigenvalue weighted by atomic mass is 10.2. The van der Waals surface area contributed by atoms with Crippen LogP contribution in [0.25, 0.3) is 0 Å². The lowest BCUT2D eigenvalue weighted by Gasteiger charge is -2.36. The van der Waals surface area contributed by atoms with Crippen LogP contribution in [-0.2, 0) is 14.0 Å². The number of halogens is 1. The summed E-state index contributed by atoms with van der Waals surface area (Å²) in [5.74, 6) is -1.75. The van der Waals surface area contributed by atoms with Crippen LogP contribution in [0.4, 0.5) is 4.39 Å². The summed E-state index contributed by atoms with van der Waals surface area (Å²) in [7, 11) is -1.92. The molecule has 0 amide bonds. The first-order chi connectivity index (χ1) is 8.03. The molecule has 0 radical (unpaired) electrons. The second kappa shape index (κ2) is 6.47. The van der Waals surface area contributed by atoms with Crippen LogP contribution in [-0.4, -0.2) is 27.5 Å². The molecule has 0 fully saturated rings. The van der Waals surface area contributed by atoms with Gasteiger partial charge in [-0.05, 0) is 37.6 Å². The molecule has 0 heterocycles. The minimum Gasteiger partial charge on any atom is -0.461 e. The van der Waals surface area contributed by atoms with E-state index in [2.05, 4.69) is 38.6 Å². The number of carbonyl (C=O) groups excluding carboxylic acids is 1. The Hall–Kier alpha value is -0.683. The summed E-state index contributed by atoms with van der Waals surface area (Å²) in [6.45, 7) is 14.0. The molecule has 0 saturated heterocycles. The summed E-state index contributed by atoms with van der Waals surface area (Å²) in [4.78, 5) is 11.2. The Bertz CT molecular complexity index is 330. The van der Waals surface area contributed by atoms with Gasteiger partial charge in [0.2, 0.25) is 5.83 Å². The summed E-state index contributed by atoms with van der Waals surface area (Å²) in [5, 5.41) is 0.0632. The van der Waals surface area contributed by atoms with Crippen LogP contribution in [0.3, 0.4) is 0 Å². The first kappa shape index (κ1) is 17.3. The molecule has 0 rings (SSSR count). The predicted molar refractivity (Wildman–Crippen MR) is 73.6 cm³/mol. The van der Waals surface area contributed by atoms with Gasteiger partial charge < -0.3 is 9.16 Å². The van der Waals surface area contributed by atoms with Gasteiger partial charge >= 0.3 is 5.97 Å². The monoisotopic (exact) mass is 276 g/mol. The van der Waals surface area contributed by atoms with Crippen molar-refractivity contribution in [3.63, 3.8) is 0 Å². The van der Waals surface area contributed by atoms with Gasteiger partial charge in [0.25, 0.3) is 0 Å². The molecule has 106 valence electrons. The van der Waals surface area contributed by atoms with E-state index in [1.807, 2.05) is 0 Å². The molecule has 18 heavy (non-hydrogen) atoms. The van der Waals surface area contributed by atoms with Crippen molar-refractivity contribution in [2.24, 2.45) is 0 Å². The summed E-state index contributed by atoms with van der Waals surface area (Å²) < 4.78 is 24.0. The molecule has 0 aromatic heterocycles. The van der Waals surface area contributed by atoms with E-state index in [1.54, 1.807) is 13.8 Å². The van der Waals surface area contributed by atoms with Crippen molar-refractivity contribution in [1.29, 1.82) is 0 Å². The second-order valence-corrected chi connectivity index (χ2v) is 10.7.